The first-order chi connectivity index (χ1) is 9.20. The van der Waals surface area contributed by atoms with Crippen LogP contribution in [-0.2, 0) is 0 Å². The molecule has 0 bridgehead atoms. The van der Waals surface area contributed by atoms with Crippen LogP contribution >= 0.6 is 0 Å². The summed E-state index contributed by atoms with van der Waals surface area (Å²) in [6.07, 6.45) is 3.94. The molecule has 0 spiro atoms. The molecule has 1 N–H and O–H groups in total. The van der Waals surface area contributed by atoms with Gasteiger partial charge in [-0.15, -0.1) is 0 Å². The van der Waals surface area contributed by atoms with Crippen LogP contribution in [0.25, 0.3) is 0 Å². The lowest BCUT2D eigenvalue weighted by atomic mass is 9.85. The molecule has 1 saturated carbocycles. The molecule has 0 aliphatic heterocycles. The molecule has 1 unspecified atom stereocenters. The van der Waals surface area contributed by atoms with E-state index in [9.17, 15) is 9.50 Å². The number of benzene rings is 1. The molecule has 1 fully saturated rings. The molecule has 0 amide bonds. The predicted octanol–water partition coefficient (Wildman–Crippen LogP) is 3.37. The SMILES string of the molecule is CCN(CCC(O)c1ccccc1F)CC1CCC1. The summed E-state index contributed by atoms with van der Waals surface area (Å²) < 4.78 is 13.5. The molecule has 0 radical (unpaired) electrons. The molecule has 1 aromatic rings. The zero-order valence-electron chi connectivity index (χ0n) is 11.7. The fourth-order valence-corrected chi connectivity index (χ4v) is 2.62. The summed E-state index contributed by atoms with van der Waals surface area (Å²) in [5, 5.41) is 10.1. The lowest BCUT2D eigenvalue weighted by Gasteiger charge is -2.32. The second-order valence-corrected chi connectivity index (χ2v) is 5.52. The molecule has 2 nitrogen and oxygen atoms in total. The van der Waals surface area contributed by atoms with E-state index in [-0.39, 0.29) is 5.82 Å². The summed E-state index contributed by atoms with van der Waals surface area (Å²) in [4.78, 5) is 2.37. The van der Waals surface area contributed by atoms with Crippen LogP contribution in [0.4, 0.5) is 4.39 Å². The van der Waals surface area contributed by atoms with Gasteiger partial charge in [-0.25, -0.2) is 4.39 Å². The summed E-state index contributed by atoms with van der Waals surface area (Å²) in [6.45, 7) is 5.11. The Balaban J connectivity index is 1.81. The van der Waals surface area contributed by atoms with Gasteiger partial charge in [0.1, 0.15) is 5.82 Å². The second kappa shape index (κ2) is 7.01. The van der Waals surface area contributed by atoms with E-state index in [0.717, 1.165) is 25.6 Å². The molecule has 1 aliphatic rings. The summed E-state index contributed by atoms with van der Waals surface area (Å²) in [6, 6.07) is 6.50. The summed E-state index contributed by atoms with van der Waals surface area (Å²) in [7, 11) is 0. The first-order valence-electron chi connectivity index (χ1n) is 7.35. The van der Waals surface area contributed by atoms with E-state index in [0.29, 0.717) is 12.0 Å². The van der Waals surface area contributed by atoms with Gasteiger partial charge < -0.3 is 10.0 Å². The molecule has 3 heteroatoms. The highest BCUT2D eigenvalue weighted by atomic mass is 19.1. The minimum Gasteiger partial charge on any atom is -0.388 e. The number of hydrogen-bond donors (Lipinski definition) is 1. The minimum atomic E-state index is -0.698. The first kappa shape index (κ1) is 14.5. The van der Waals surface area contributed by atoms with E-state index in [1.54, 1.807) is 18.2 Å². The highest BCUT2D eigenvalue weighted by Crippen LogP contribution is 2.27. The standard InChI is InChI=1S/C16H24FNO/c1-2-18(12-13-6-5-7-13)11-10-16(19)14-8-3-4-9-15(14)17/h3-4,8-9,13,16,19H,2,5-7,10-12H2,1H3. The maximum atomic E-state index is 13.5. The Bertz CT molecular complexity index is 392. The Hall–Kier alpha value is -0.930. The zero-order chi connectivity index (χ0) is 13.7. The van der Waals surface area contributed by atoms with Crippen molar-refractivity contribution >= 4 is 0 Å². The average Bonchev–Trinajstić information content (AvgIpc) is 2.37. The molecule has 1 atom stereocenters. The van der Waals surface area contributed by atoms with Crippen LogP contribution in [0.3, 0.4) is 0 Å². The fraction of sp³-hybridized carbons (Fsp3) is 0.625. The molecule has 0 heterocycles. The summed E-state index contributed by atoms with van der Waals surface area (Å²) in [5.41, 5.74) is 0.419. The van der Waals surface area contributed by atoms with Crippen molar-refractivity contribution in [2.75, 3.05) is 19.6 Å². The van der Waals surface area contributed by atoms with Crippen LogP contribution in [0.1, 0.15) is 44.3 Å². The third-order valence-corrected chi connectivity index (χ3v) is 4.17. The van der Waals surface area contributed by atoms with Gasteiger partial charge in [-0.3, -0.25) is 0 Å². The van der Waals surface area contributed by atoms with E-state index >= 15 is 0 Å². The third kappa shape index (κ3) is 4.02. The molecular formula is C16H24FNO. The van der Waals surface area contributed by atoms with Crippen molar-refractivity contribution in [3.8, 4) is 0 Å². The van der Waals surface area contributed by atoms with Gasteiger partial charge >= 0.3 is 0 Å². The van der Waals surface area contributed by atoms with Crippen LogP contribution in [-0.4, -0.2) is 29.6 Å². The number of rotatable bonds is 7. The van der Waals surface area contributed by atoms with Crippen LogP contribution in [0.15, 0.2) is 24.3 Å². The largest absolute Gasteiger partial charge is 0.388 e. The average molecular weight is 265 g/mol. The Kier molecular flexibility index (Phi) is 5.34. The zero-order valence-corrected chi connectivity index (χ0v) is 11.7. The van der Waals surface area contributed by atoms with Crippen molar-refractivity contribution in [1.82, 2.24) is 4.90 Å². The van der Waals surface area contributed by atoms with Gasteiger partial charge in [-0.2, -0.15) is 0 Å². The molecule has 0 saturated heterocycles. The highest BCUT2D eigenvalue weighted by Gasteiger charge is 2.20. The van der Waals surface area contributed by atoms with Gasteiger partial charge in [-0.05, 0) is 37.8 Å². The fourth-order valence-electron chi connectivity index (χ4n) is 2.62. The van der Waals surface area contributed by atoms with Crippen molar-refractivity contribution in [3.05, 3.63) is 35.6 Å². The van der Waals surface area contributed by atoms with Crippen molar-refractivity contribution in [1.29, 1.82) is 0 Å². The van der Waals surface area contributed by atoms with Crippen LogP contribution < -0.4 is 0 Å². The number of hydrogen-bond acceptors (Lipinski definition) is 2. The lowest BCUT2D eigenvalue weighted by Crippen LogP contribution is -2.33. The molecular weight excluding hydrogens is 241 g/mol. The van der Waals surface area contributed by atoms with Gasteiger partial charge in [0.25, 0.3) is 0 Å². The van der Waals surface area contributed by atoms with Crippen molar-refractivity contribution in [3.63, 3.8) is 0 Å². The molecule has 1 aliphatic carbocycles. The van der Waals surface area contributed by atoms with E-state index in [1.165, 1.54) is 25.3 Å². The number of nitrogens with zero attached hydrogens (tertiary/aromatic N) is 1. The van der Waals surface area contributed by atoms with E-state index in [1.807, 2.05) is 0 Å². The second-order valence-electron chi connectivity index (χ2n) is 5.52. The Morgan fingerprint density at radius 3 is 2.68 bits per heavy atom. The highest BCUT2D eigenvalue weighted by molar-refractivity contribution is 5.19. The van der Waals surface area contributed by atoms with Gasteiger partial charge in [0.05, 0.1) is 6.10 Å². The Morgan fingerprint density at radius 2 is 2.11 bits per heavy atom. The first-order valence-corrected chi connectivity index (χ1v) is 7.35. The molecule has 2 rings (SSSR count). The third-order valence-electron chi connectivity index (χ3n) is 4.17. The van der Waals surface area contributed by atoms with Gasteiger partial charge in [0.15, 0.2) is 0 Å². The maximum absolute atomic E-state index is 13.5. The maximum Gasteiger partial charge on any atom is 0.128 e. The minimum absolute atomic E-state index is 0.308. The van der Waals surface area contributed by atoms with Gasteiger partial charge in [0, 0.05) is 18.7 Å². The smallest absolute Gasteiger partial charge is 0.128 e. The van der Waals surface area contributed by atoms with E-state index in [4.69, 9.17) is 0 Å². The molecule has 19 heavy (non-hydrogen) atoms. The summed E-state index contributed by atoms with van der Waals surface area (Å²) in [5.74, 6) is 0.530. The number of aliphatic hydroxyl groups is 1. The number of halogens is 1. The van der Waals surface area contributed by atoms with Gasteiger partial charge in [-0.1, -0.05) is 31.5 Å². The van der Waals surface area contributed by atoms with E-state index in [2.05, 4.69) is 11.8 Å². The monoisotopic (exact) mass is 265 g/mol. The van der Waals surface area contributed by atoms with Gasteiger partial charge in [0.2, 0.25) is 0 Å². The normalized spacial score (nSPS) is 17.5. The van der Waals surface area contributed by atoms with E-state index < -0.39 is 6.10 Å². The predicted molar refractivity (Wildman–Crippen MR) is 75.4 cm³/mol. The number of aliphatic hydroxyl groups excluding tert-OH is 1. The van der Waals surface area contributed by atoms with Crippen LogP contribution in [0.2, 0.25) is 0 Å². The van der Waals surface area contributed by atoms with Crippen molar-refractivity contribution in [2.24, 2.45) is 5.92 Å². The van der Waals surface area contributed by atoms with Crippen molar-refractivity contribution in [2.45, 2.75) is 38.7 Å². The van der Waals surface area contributed by atoms with Crippen LogP contribution in [0, 0.1) is 11.7 Å². The quantitative estimate of drug-likeness (QED) is 0.817. The molecule has 106 valence electrons. The molecule has 1 aromatic carbocycles. The molecule has 0 aromatic heterocycles. The van der Waals surface area contributed by atoms with Crippen molar-refractivity contribution < 1.29 is 9.50 Å². The Labute approximate surface area is 115 Å². The Morgan fingerprint density at radius 1 is 1.37 bits per heavy atom. The lowest BCUT2D eigenvalue weighted by molar-refractivity contribution is 0.123. The van der Waals surface area contributed by atoms with Crippen LogP contribution in [0.5, 0.6) is 0 Å². The topological polar surface area (TPSA) is 23.5 Å². The summed E-state index contributed by atoms with van der Waals surface area (Å²) >= 11 is 0.